The van der Waals surface area contributed by atoms with Gasteiger partial charge in [-0.1, -0.05) is 57.3 Å². The van der Waals surface area contributed by atoms with Gasteiger partial charge in [0.25, 0.3) is 5.56 Å². The van der Waals surface area contributed by atoms with E-state index >= 15 is 0 Å². The number of para-hydroxylation sites is 1. The largest absolute Gasteiger partial charge is 0.286 e. The van der Waals surface area contributed by atoms with E-state index in [0.717, 1.165) is 10.2 Å². The summed E-state index contributed by atoms with van der Waals surface area (Å²) in [6.45, 7) is 0. The summed E-state index contributed by atoms with van der Waals surface area (Å²) >= 11 is 16.0. The van der Waals surface area contributed by atoms with Crippen LogP contribution in [0.2, 0.25) is 10.0 Å². The summed E-state index contributed by atoms with van der Waals surface area (Å²) in [6, 6.07) is 22.1. The molecule has 31 heavy (non-hydrogen) atoms. The lowest BCUT2D eigenvalue weighted by atomic mass is 10.2. The average Bonchev–Trinajstić information content (AvgIpc) is 3.20. The Hall–Kier alpha value is -2.93. The van der Waals surface area contributed by atoms with Crippen molar-refractivity contribution in [3.05, 3.63) is 104 Å². The monoisotopic (exact) mass is 510 g/mol. The fourth-order valence-corrected chi connectivity index (χ4v) is 4.17. The second-order valence-electron chi connectivity index (χ2n) is 6.80. The maximum atomic E-state index is 13.6. The predicted octanol–water partition coefficient (Wildman–Crippen LogP) is 6.31. The van der Waals surface area contributed by atoms with Crippen molar-refractivity contribution in [2.75, 3.05) is 0 Å². The van der Waals surface area contributed by atoms with Gasteiger partial charge in [0.1, 0.15) is 6.33 Å². The fraction of sp³-hybridized carbons (Fsp3) is 0. The smallest absolute Gasteiger partial charge is 0.283 e. The van der Waals surface area contributed by atoms with Crippen LogP contribution in [0.4, 0.5) is 0 Å². The molecule has 152 valence electrons. The van der Waals surface area contributed by atoms with Gasteiger partial charge in [0.15, 0.2) is 17.0 Å². The van der Waals surface area contributed by atoms with Gasteiger partial charge in [-0.05, 0) is 54.6 Å². The molecule has 0 aliphatic heterocycles. The number of hydrogen-bond donors (Lipinski definition) is 0. The van der Waals surface area contributed by atoms with Gasteiger partial charge in [0.05, 0.1) is 10.7 Å². The molecule has 0 radical (unpaired) electrons. The highest BCUT2D eigenvalue weighted by Crippen LogP contribution is 2.31. The van der Waals surface area contributed by atoms with E-state index in [9.17, 15) is 4.79 Å². The maximum Gasteiger partial charge on any atom is 0.286 e. The number of benzene rings is 3. The summed E-state index contributed by atoms with van der Waals surface area (Å²) in [6.07, 6.45) is 1.60. The van der Waals surface area contributed by atoms with Crippen LogP contribution in [-0.2, 0) is 0 Å². The summed E-state index contributed by atoms with van der Waals surface area (Å²) in [4.78, 5) is 22.8. The number of nitrogens with zero attached hydrogens (tertiary/aromatic N) is 4. The van der Waals surface area contributed by atoms with E-state index in [1.54, 1.807) is 29.1 Å². The molecule has 5 nitrogen and oxygen atoms in total. The fourth-order valence-electron chi connectivity index (χ4n) is 3.41. The topological polar surface area (TPSA) is 52.7 Å². The van der Waals surface area contributed by atoms with Crippen LogP contribution >= 0.6 is 39.1 Å². The normalized spacial score (nSPS) is 11.2. The van der Waals surface area contributed by atoms with Crippen LogP contribution in [0.3, 0.4) is 0 Å². The highest BCUT2D eigenvalue weighted by Gasteiger charge is 2.20. The van der Waals surface area contributed by atoms with Gasteiger partial charge in [0, 0.05) is 20.7 Å². The SMILES string of the molecule is O=c1c2ncn(-c3ccccc3)c2nc(-c2ccc(Cl)cc2Cl)n1-c1ccc(Br)cc1. The summed E-state index contributed by atoms with van der Waals surface area (Å²) in [5.74, 6) is 0.402. The molecule has 0 N–H and O–H groups in total. The molecule has 0 saturated carbocycles. The van der Waals surface area contributed by atoms with Crippen LogP contribution < -0.4 is 5.56 Å². The summed E-state index contributed by atoms with van der Waals surface area (Å²) in [7, 11) is 0. The highest BCUT2D eigenvalue weighted by atomic mass is 79.9. The third-order valence-electron chi connectivity index (χ3n) is 4.86. The van der Waals surface area contributed by atoms with E-state index in [2.05, 4.69) is 20.9 Å². The van der Waals surface area contributed by atoms with Gasteiger partial charge >= 0.3 is 0 Å². The minimum atomic E-state index is -0.289. The highest BCUT2D eigenvalue weighted by molar-refractivity contribution is 9.10. The van der Waals surface area contributed by atoms with Gasteiger partial charge in [-0.25, -0.2) is 9.97 Å². The average molecular weight is 512 g/mol. The zero-order chi connectivity index (χ0) is 21.5. The second kappa shape index (κ2) is 7.96. The Morgan fingerprint density at radius 1 is 0.871 bits per heavy atom. The molecule has 0 unspecified atom stereocenters. The quantitative estimate of drug-likeness (QED) is 0.285. The van der Waals surface area contributed by atoms with Crippen LogP contribution in [0.15, 0.2) is 88.4 Å². The molecule has 3 aromatic carbocycles. The lowest BCUT2D eigenvalue weighted by Gasteiger charge is -2.14. The predicted molar refractivity (Wildman–Crippen MR) is 128 cm³/mol. The van der Waals surface area contributed by atoms with Crippen molar-refractivity contribution >= 4 is 50.3 Å². The maximum absolute atomic E-state index is 13.6. The van der Waals surface area contributed by atoms with Crippen LogP contribution in [0.5, 0.6) is 0 Å². The van der Waals surface area contributed by atoms with E-state index < -0.39 is 0 Å². The number of imidazole rings is 1. The molecule has 5 aromatic rings. The van der Waals surface area contributed by atoms with Gasteiger partial charge in [-0.15, -0.1) is 0 Å². The summed E-state index contributed by atoms with van der Waals surface area (Å²) in [5.41, 5.74) is 2.52. The van der Waals surface area contributed by atoms with Crippen molar-refractivity contribution in [2.45, 2.75) is 0 Å². The van der Waals surface area contributed by atoms with Crippen molar-refractivity contribution in [3.63, 3.8) is 0 Å². The summed E-state index contributed by atoms with van der Waals surface area (Å²) < 4.78 is 4.21. The molecule has 0 amide bonds. The molecule has 0 aliphatic rings. The molecule has 0 saturated heterocycles. The first-order valence-electron chi connectivity index (χ1n) is 9.30. The number of fused-ring (bicyclic) bond motifs is 1. The van der Waals surface area contributed by atoms with Gasteiger partial charge in [-0.2, -0.15) is 0 Å². The molecular weight excluding hydrogens is 499 g/mol. The van der Waals surface area contributed by atoms with Gasteiger partial charge in [0.2, 0.25) is 0 Å². The first-order valence-corrected chi connectivity index (χ1v) is 10.8. The zero-order valence-electron chi connectivity index (χ0n) is 15.8. The van der Waals surface area contributed by atoms with Crippen molar-refractivity contribution in [1.82, 2.24) is 19.1 Å². The van der Waals surface area contributed by atoms with Crippen LogP contribution in [0, 0.1) is 0 Å². The standard InChI is InChI=1S/C23H13BrCl2N4O/c24-14-6-9-17(10-7-14)30-21(18-11-8-15(25)12-19(18)26)28-22-20(23(30)31)27-13-29(22)16-4-2-1-3-5-16/h1-13H. The molecule has 0 bridgehead atoms. The van der Waals surface area contributed by atoms with Crippen LogP contribution in [-0.4, -0.2) is 19.1 Å². The Balaban J connectivity index is 1.88. The van der Waals surface area contributed by atoms with Crippen LogP contribution in [0.25, 0.3) is 33.9 Å². The zero-order valence-corrected chi connectivity index (χ0v) is 18.9. The summed E-state index contributed by atoms with van der Waals surface area (Å²) in [5, 5.41) is 0.900. The van der Waals surface area contributed by atoms with E-state index in [-0.39, 0.29) is 11.1 Å². The Morgan fingerprint density at radius 2 is 1.61 bits per heavy atom. The number of aromatic nitrogens is 4. The van der Waals surface area contributed by atoms with E-state index in [1.165, 1.54) is 4.57 Å². The molecule has 2 aromatic heterocycles. The molecule has 0 spiro atoms. The Labute approximate surface area is 195 Å². The van der Waals surface area contributed by atoms with Crippen LogP contribution in [0.1, 0.15) is 0 Å². The van der Waals surface area contributed by atoms with E-state index in [4.69, 9.17) is 28.2 Å². The van der Waals surface area contributed by atoms with E-state index in [0.29, 0.717) is 32.8 Å². The third kappa shape index (κ3) is 3.57. The molecule has 0 atom stereocenters. The van der Waals surface area contributed by atoms with Gasteiger partial charge < -0.3 is 0 Å². The first kappa shape index (κ1) is 20.0. The molecular formula is C23H13BrCl2N4O. The Kier molecular flexibility index (Phi) is 5.14. The Morgan fingerprint density at radius 3 is 2.32 bits per heavy atom. The second-order valence-corrected chi connectivity index (χ2v) is 8.56. The lowest BCUT2D eigenvalue weighted by molar-refractivity contribution is 0.961. The van der Waals surface area contributed by atoms with Crippen molar-refractivity contribution in [2.24, 2.45) is 0 Å². The van der Waals surface area contributed by atoms with Crippen molar-refractivity contribution in [1.29, 1.82) is 0 Å². The minimum absolute atomic E-state index is 0.264. The van der Waals surface area contributed by atoms with Crippen molar-refractivity contribution < 1.29 is 0 Å². The first-order chi connectivity index (χ1) is 15.0. The molecule has 0 fully saturated rings. The van der Waals surface area contributed by atoms with Crippen molar-refractivity contribution in [3.8, 4) is 22.8 Å². The number of halogens is 3. The van der Waals surface area contributed by atoms with E-state index in [1.807, 2.05) is 54.6 Å². The lowest BCUT2D eigenvalue weighted by Crippen LogP contribution is -2.22. The van der Waals surface area contributed by atoms with Gasteiger partial charge in [-0.3, -0.25) is 13.9 Å². The molecule has 8 heteroatoms. The molecule has 2 heterocycles. The minimum Gasteiger partial charge on any atom is -0.283 e. The Bertz CT molecular complexity index is 1480. The molecule has 0 aliphatic carbocycles. The number of hydrogen-bond acceptors (Lipinski definition) is 3. The molecule has 5 rings (SSSR count). The third-order valence-corrected chi connectivity index (χ3v) is 5.94. The number of rotatable bonds is 3.